The molecule has 1 radical (unpaired) electrons. The Kier molecular flexibility index (Phi) is 37.3. The van der Waals surface area contributed by atoms with Crippen LogP contribution in [0.3, 0.4) is 0 Å². The van der Waals surface area contributed by atoms with Gasteiger partial charge in [0.15, 0.2) is 0 Å². The maximum absolute atomic E-state index is 2.68. The van der Waals surface area contributed by atoms with E-state index in [1.165, 1.54) is 257 Å². The molecular weight excluding hydrogens is 713 g/mol. The molecule has 2 aliphatic rings. The van der Waals surface area contributed by atoms with Gasteiger partial charge < -0.3 is 5.92 Å². The van der Waals surface area contributed by atoms with Crippen LogP contribution >= 0.6 is 0 Å². The minimum atomic E-state index is 0. The number of rotatable bonds is 36. The number of hydrogen-bond donors (Lipinski definition) is 0. The average Bonchev–Trinajstić information content (AvgIpc) is 3.37. The maximum atomic E-state index is 2.68. The first-order chi connectivity index (χ1) is 25.7. The number of allylic oxidation sites excluding steroid dienone is 2. The van der Waals surface area contributed by atoms with Gasteiger partial charge in [0.1, 0.15) is 0 Å². The van der Waals surface area contributed by atoms with Gasteiger partial charge in [0.25, 0.3) is 0 Å². The standard InChI is InChI=1S/C52H98.Y/c1-5-7-9-11-13-15-17-19-21-23-25-27-29-31-33-35-39-49(52-46-48(4)43-45-51(52)50-41-37-38-47(3)42-44-50)40-36-34-32-30-28-26-24-22-20-18-16-14-12-10-8-6-2;/h42,44,48,50-52H,5-41,43,45-46H2,1-4H3;/q-2;. The smallest absolute Gasteiger partial charge is 0 e. The average molecular weight is 812 g/mol. The van der Waals surface area contributed by atoms with Crippen molar-refractivity contribution in [3.63, 3.8) is 0 Å². The van der Waals surface area contributed by atoms with Crippen molar-refractivity contribution in [2.75, 3.05) is 0 Å². The molecule has 1 heteroatoms. The van der Waals surface area contributed by atoms with Crippen molar-refractivity contribution < 1.29 is 32.7 Å². The van der Waals surface area contributed by atoms with E-state index in [-0.39, 0.29) is 32.7 Å². The van der Waals surface area contributed by atoms with Crippen LogP contribution < -0.4 is 0 Å². The Hall–Kier alpha value is 0.714. The van der Waals surface area contributed by atoms with Crippen molar-refractivity contribution in [3.8, 4) is 0 Å². The third-order valence-corrected chi connectivity index (χ3v) is 13.7. The van der Waals surface area contributed by atoms with Gasteiger partial charge >= 0.3 is 0 Å². The van der Waals surface area contributed by atoms with E-state index in [2.05, 4.69) is 40.2 Å². The van der Waals surface area contributed by atoms with Crippen LogP contribution in [0.2, 0.25) is 0 Å². The van der Waals surface area contributed by atoms with E-state index in [9.17, 15) is 0 Å². The van der Waals surface area contributed by atoms with E-state index in [0.717, 1.165) is 23.7 Å². The number of hydrogen-bond acceptors (Lipinski definition) is 0. The predicted octanol–water partition coefficient (Wildman–Crippen LogP) is 18.9. The van der Waals surface area contributed by atoms with E-state index in [1.807, 2.05) is 5.92 Å². The molecule has 0 nitrogen and oxygen atoms in total. The molecule has 53 heavy (non-hydrogen) atoms. The topological polar surface area (TPSA) is 0 Å². The third kappa shape index (κ3) is 28.7. The third-order valence-electron chi connectivity index (χ3n) is 13.7. The number of unbranched alkanes of at least 4 members (excludes halogenated alkanes) is 30. The van der Waals surface area contributed by atoms with Gasteiger partial charge in [-0.05, 0) is 5.92 Å². The molecule has 4 atom stereocenters. The molecule has 0 N–H and O–H groups in total. The first kappa shape index (κ1) is 51.7. The van der Waals surface area contributed by atoms with Crippen molar-refractivity contribution >= 4 is 0 Å². The minimum absolute atomic E-state index is 0. The van der Waals surface area contributed by atoms with Gasteiger partial charge in [-0.1, -0.05) is 277 Å². The second-order valence-corrected chi connectivity index (χ2v) is 18.7. The molecule has 0 heterocycles. The zero-order chi connectivity index (χ0) is 37.2. The quantitative estimate of drug-likeness (QED) is 0.0437. The Morgan fingerprint density at radius 1 is 0.509 bits per heavy atom. The van der Waals surface area contributed by atoms with Gasteiger partial charge in [-0.15, -0.1) is 6.92 Å². The summed E-state index contributed by atoms with van der Waals surface area (Å²) in [6.07, 6.45) is 63.8. The van der Waals surface area contributed by atoms with E-state index < -0.39 is 0 Å². The Balaban J connectivity index is 0.0000140. The summed E-state index contributed by atoms with van der Waals surface area (Å²) in [5, 5.41) is 0. The van der Waals surface area contributed by atoms with Gasteiger partial charge in [0, 0.05) is 32.7 Å². The van der Waals surface area contributed by atoms with Gasteiger partial charge in [-0.25, -0.2) is 18.1 Å². The van der Waals surface area contributed by atoms with Crippen LogP contribution in [0.15, 0.2) is 11.6 Å². The van der Waals surface area contributed by atoms with Gasteiger partial charge in [0.05, 0.1) is 0 Å². The van der Waals surface area contributed by atoms with Crippen molar-refractivity contribution in [1.29, 1.82) is 0 Å². The second-order valence-electron chi connectivity index (χ2n) is 18.7. The maximum Gasteiger partial charge on any atom is 0 e. The van der Waals surface area contributed by atoms with Crippen LogP contribution in [-0.2, 0) is 32.7 Å². The molecule has 1 fully saturated rings. The molecule has 0 bridgehead atoms. The molecule has 0 aromatic rings. The Morgan fingerprint density at radius 3 is 1.25 bits per heavy atom. The van der Waals surface area contributed by atoms with Gasteiger partial charge in [-0.2, -0.15) is 18.8 Å². The summed E-state index contributed by atoms with van der Waals surface area (Å²) < 4.78 is 0. The molecule has 311 valence electrons. The molecule has 0 amide bonds. The van der Waals surface area contributed by atoms with Crippen LogP contribution in [0.5, 0.6) is 0 Å². The molecule has 0 aromatic carbocycles. The molecule has 0 aromatic heterocycles. The van der Waals surface area contributed by atoms with E-state index in [1.54, 1.807) is 5.57 Å². The summed E-state index contributed by atoms with van der Waals surface area (Å²) in [6.45, 7) is 9.58. The fourth-order valence-corrected chi connectivity index (χ4v) is 10.1. The monoisotopic (exact) mass is 812 g/mol. The Bertz CT molecular complexity index is 733. The molecule has 0 aliphatic heterocycles. The zero-order valence-electron chi connectivity index (χ0n) is 37.3. The van der Waals surface area contributed by atoms with Crippen LogP contribution in [0, 0.1) is 36.0 Å². The molecule has 2 rings (SSSR count). The predicted molar refractivity (Wildman–Crippen MR) is 237 cm³/mol. The minimum Gasteiger partial charge on any atom is -0.310 e. The van der Waals surface area contributed by atoms with E-state index in [0.29, 0.717) is 0 Å². The molecule has 2 aliphatic carbocycles. The summed E-state index contributed by atoms with van der Waals surface area (Å²) in [6, 6.07) is 0. The van der Waals surface area contributed by atoms with Crippen molar-refractivity contribution in [1.82, 2.24) is 0 Å². The first-order valence-electron chi connectivity index (χ1n) is 25.0. The Labute approximate surface area is 362 Å². The van der Waals surface area contributed by atoms with Crippen LogP contribution in [-0.4, -0.2) is 0 Å². The first-order valence-corrected chi connectivity index (χ1v) is 25.0. The molecule has 1 saturated carbocycles. The summed E-state index contributed by atoms with van der Waals surface area (Å²) in [5.41, 5.74) is 1.62. The van der Waals surface area contributed by atoms with E-state index in [4.69, 9.17) is 0 Å². The van der Waals surface area contributed by atoms with Crippen LogP contribution in [0.1, 0.15) is 285 Å². The van der Waals surface area contributed by atoms with Crippen molar-refractivity contribution in [3.05, 3.63) is 24.0 Å². The second kappa shape index (κ2) is 38.2. The summed E-state index contributed by atoms with van der Waals surface area (Å²) in [4.78, 5) is 0. The zero-order valence-corrected chi connectivity index (χ0v) is 40.2. The largest absolute Gasteiger partial charge is 0.310 e. The SMILES string of the molecule is CCCCCCCCCCCCCCCCCC[C-](CCCCCCCCCCCCCCCCCC)C1CC(C)CCC1C1[CH-]C=C(C)CCC1.[Y]. The van der Waals surface area contributed by atoms with Crippen molar-refractivity contribution in [2.45, 2.75) is 285 Å². The van der Waals surface area contributed by atoms with Crippen LogP contribution in [0.25, 0.3) is 0 Å². The summed E-state index contributed by atoms with van der Waals surface area (Å²) in [5.74, 6) is 5.63. The van der Waals surface area contributed by atoms with Gasteiger partial charge in [-0.3, -0.25) is 0 Å². The molecular formula is C52H98Y-2. The summed E-state index contributed by atoms with van der Waals surface area (Å²) in [7, 11) is 0. The fraction of sp³-hybridized carbons (Fsp3) is 0.923. The molecule has 0 saturated heterocycles. The fourth-order valence-electron chi connectivity index (χ4n) is 10.1. The van der Waals surface area contributed by atoms with Gasteiger partial charge in [0.2, 0.25) is 0 Å². The molecule has 0 spiro atoms. The Morgan fingerprint density at radius 2 is 0.868 bits per heavy atom. The molecule has 4 unspecified atom stereocenters. The van der Waals surface area contributed by atoms with Crippen LogP contribution in [0.4, 0.5) is 0 Å². The normalized spacial score (nSPS) is 20.6. The van der Waals surface area contributed by atoms with Crippen molar-refractivity contribution in [2.24, 2.45) is 23.7 Å². The van der Waals surface area contributed by atoms with E-state index >= 15 is 0 Å². The summed E-state index contributed by atoms with van der Waals surface area (Å²) >= 11 is 0.